The van der Waals surface area contributed by atoms with Gasteiger partial charge in [-0.05, 0) is 50.2 Å². The number of halogens is 3. The monoisotopic (exact) mass is 449 g/mol. The van der Waals surface area contributed by atoms with Gasteiger partial charge in [-0.1, -0.05) is 29.3 Å². The number of hydrogen-bond donors (Lipinski definition) is 0. The lowest BCUT2D eigenvalue weighted by atomic mass is 10.0. The van der Waals surface area contributed by atoms with Crippen LogP contribution < -0.4 is 10.2 Å². The third kappa shape index (κ3) is 4.06. The summed E-state index contributed by atoms with van der Waals surface area (Å²) in [6, 6.07) is 10.1. The molecule has 0 aliphatic carbocycles. The molecule has 30 heavy (non-hydrogen) atoms. The van der Waals surface area contributed by atoms with E-state index in [0.29, 0.717) is 28.5 Å². The largest absolute Gasteiger partial charge is 0.465 e. The molecule has 0 aliphatic rings. The number of nitrogens with zero attached hydrogens (tertiary/aromatic N) is 1. The summed E-state index contributed by atoms with van der Waals surface area (Å²) in [6.45, 7) is 3.98. The van der Waals surface area contributed by atoms with Gasteiger partial charge in [0.05, 0.1) is 28.5 Å². The van der Waals surface area contributed by atoms with Crippen LogP contribution >= 0.6 is 23.2 Å². The molecule has 0 unspecified atom stereocenters. The molecule has 0 fully saturated rings. The van der Waals surface area contributed by atoms with Crippen LogP contribution in [0.4, 0.5) is 4.39 Å². The van der Waals surface area contributed by atoms with Gasteiger partial charge in [0.2, 0.25) is 5.43 Å². The van der Waals surface area contributed by atoms with E-state index in [1.165, 1.54) is 31.4 Å². The summed E-state index contributed by atoms with van der Waals surface area (Å²) >= 11 is 12.2. The van der Waals surface area contributed by atoms with Gasteiger partial charge >= 0.3 is 5.97 Å². The number of aromatic nitrogens is 1. The Labute approximate surface area is 182 Å². The van der Waals surface area contributed by atoms with Gasteiger partial charge in [-0.25, -0.2) is 9.18 Å². The highest BCUT2D eigenvalue weighted by atomic mass is 35.5. The number of benzene rings is 2. The van der Waals surface area contributed by atoms with Crippen LogP contribution in [0.15, 0.2) is 47.3 Å². The van der Waals surface area contributed by atoms with Crippen molar-refractivity contribution in [3.05, 3.63) is 79.8 Å². The van der Waals surface area contributed by atoms with Crippen molar-refractivity contribution in [3.63, 3.8) is 0 Å². The molecule has 0 saturated heterocycles. The SMILES string of the molecule is CCn1c(C)c(Oc2ccc(F)cc2)c(=O)c(C(=O)OC)c1-c1ccc(Cl)c(Cl)c1. The van der Waals surface area contributed by atoms with Crippen molar-refractivity contribution in [2.24, 2.45) is 0 Å². The molecule has 2 aromatic carbocycles. The number of rotatable bonds is 5. The summed E-state index contributed by atoms with van der Waals surface area (Å²) in [5.41, 5.74) is 0.521. The normalized spacial score (nSPS) is 10.7. The molecule has 8 heteroatoms. The molecule has 5 nitrogen and oxygen atoms in total. The molecule has 0 amide bonds. The summed E-state index contributed by atoms with van der Waals surface area (Å²) in [5.74, 6) is -1.03. The maximum absolute atomic E-state index is 13.3. The predicted molar refractivity (Wildman–Crippen MR) is 114 cm³/mol. The molecule has 3 rings (SSSR count). The fraction of sp³-hybridized carbons (Fsp3) is 0.182. The van der Waals surface area contributed by atoms with E-state index in [1.807, 2.05) is 6.92 Å². The van der Waals surface area contributed by atoms with Gasteiger partial charge < -0.3 is 14.0 Å². The van der Waals surface area contributed by atoms with Crippen LogP contribution in [0.1, 0.15) is 23.0 Å². The Morgan fingerprint density at radius 1 is 1.10 bits per heavy atom. The van der Waals surface area contributed by atoms with E-state index in [9.17, 15) is 14.0 Å². The smallest absolute Gasteiger partial charge is 0.344 e. The number of hydrogen-bond acceptors (Lipinski definition) is 4. The molecule has 1 aromatic heterocycles. The maximum atomic E-state index is 13.3. The fourth-order valence-corrected chi connectivity index (χ4v) is 3.48. The molecular formula is C22H18Cl2FNO4. The first-order chi connectivity index (χ1) is 14.3. The highest BCUT2D eigenvalue weighted by Gasteiger charge is 2.27. The minimum atomic E-state index is -0.813. The van der Waals surface area contributed by atoms with E-state index in [0.717, 1.165) is 0 Å². The van der Waals surface area contributed by atoms with Crippen LogP contribution in [-0.2, 0) is 11.3 Å². The molecule has 0 bridgehead atoms. The first kappa shape index (κ1) is 21.9. The summed E-state index contributed by atoms with van der Waals surface area (Å²) < 4.78 is 25.6. The average Bonchev–Trinajstić information content (AvgIpc) is 2.73. The zero-order valence-corrected chi connectivity index (χ0v) is 18.0. The van der Waals surface area contributed by atoms with Gasteiger partial charge in [0.25, 0.3) is 0 Å². The summed E-state index contributed by atoms with van der Waals surface area (Å²) in [5, 5.41) is 0.628. The molecule has 0 N–H and O–H groups in total. The number of methoxy groups -OCH3 is 1. The Kier molecular flexibility index (Phi) is 6.48. The molecule has 0 spiro atoms. The Morgan fingerprint density at radius 2 is 1.77 bits per heavy atom. The lowest BCUT2D eigenvalue weighted by Gasteiger charge is -2.21. The second-order valence-corrected chi connectivity index (χ2v) is 7.20. The number of ether oxygens (including phenoxy) is 2. The van der Waals surface area contributed by atoms with Crippen molar-refractivity contribution >= 4 is 29.2 Å². The van der Waals surface area contributed by atoms with E-state index in [4.69, 9.17) is 32.7 Å². The zero-order chi connectivity index (χ0) is 22.0. The molecular weight excluding hydrogens is 432 g/mol. The van der Waals surface area contributed by atoms with Crippen molar-refractivity contribution in [1.82, 2.24) is 4.57 Å². The third-order valence-electron chi connectivity index (χ3n) is 4.61. The van der Waals surface area contributed by atoms with Crippen molar-refractivity contribution in [1.29, 1.82) is 0 Å². The van der Waals surface area contributed by atoms with E-state index >= 15 is 0 Å². The second kappa shape index (κ2) is 8.90. The Balaban J connectivity index is 2.32. The first-order valence-corrected chi connectivity index (χ1v) is 9.78. The summed E-state index contributed by atoms with van der Waals surface area (Å²) in [7, 11) is 1.19. The van der Waals surface area contributed by atoms with Crippen molar-refractivity contribution in [2.45, 2.75) is 20.4 Å². The number of carbonyl (C=O) groups excluding carboxylic acids is 1. The zero-order valence-electron chi connectivity index (χ0n) is 16.5. The average molecular weight is 450 g/mol. The Hall–Kier alpha value is -2.83. The molecule has 156 valence electrons. The number of pyridine rings is 1. The second-order valence-electron chi connectivity index (χ2n) is 6.39. The van der Waals surface area contributed by atoms with Gasteiger partial charge in [-0.15, -0.1) is 0 Å². The molecule has 0 atom stereocenters. The summed E-state index contributed by atoms with van der Waals surface area (Å²) in [6.07, 6.45) is 0. The van der Waals surface area contributed by atoms with Gasteiger partial charge in [0.15, 0.2) is 5.75 Å². The highest BCUT2D eigenvalue weighted by Crippen LogP contribution is 2.33. The van der Waals surface area contributed by atoms with Crippen molar-refractivity contribution in [2.75, 3.05) is 7.11 Å². The van der Waals surface area contributed by atoms with Gasteiger partial charge in [0.1, 0.15) is 17.1 Å². The predicted octanol–water partition coefficient (Wildman–Crippen LogP) is 5.87. The van der Waals surface area contributed by atoms with E-state index < -0.39 is 17.2 Å². The summed E-state index contributed by atoms with van der Waals surface area (Å²) in [4.78, 5) is 25.9. The van der Waals surface area contributed by atoms with Gasteiger partial charge in [-0.3, -0.25) is 4.79 Å². The first-order valence-electron chi connectivity index (χ1n) is 9.03. The molecule has 0 radical (unpaired) electrons. The van der Waals surface area contributed by atoms with Crippen LogP contribution in [-0.4, -0.2) is 17.6 Å². The lowest BCUT2D eigenvalue weighted by molar-refractivity contribution is 0.0598. The molecule has 0 saturated carbocycles. The lowest BCUT2D eigenvalue weighted by Crippen LogP contribution is -2.25. The van der Waals surface area contributed by atoms with Crippen molar-refractivity contribution < 1.29 is 18.7 Å². The molecule has 3 aromatic rings. The van der Waals surface area contributed by atoms with Crippen LogP contribution in [0.3, 0.4) is 0 Å². The molecule has 1 heterocycles. The quantitative estimate of drug-likeness (QED) is 0.457. The standard InChI is InChI=1S/C22H18Cl2FNO4/c1-4-26-12(2)21(30-15-8-6-14(25)7-9-15)20(27)18(22(28)29-3)19(26)13-5-10-16(23)17(24)11-13/h5-11H,4H2,1-3H3. The Morgan fingerprint density at radius 3 is 2.33 bits per heavy atom. The third-order valence-corrected chi connectivity index (χ3v) is 5.34. The van der Waals surface area contributed by atoms with Crippen LogP contribution in [0, 0.1) is 12.7 Å². The van der Waals surface area contributed by atoms with Crippen LogP contribution in [0.5, 0.6) is 11.5 Å². The Bertz CT molecular complexity index is 1170. The van der Waals surface area contributed by atoms with E-state index in [1.54, 1.807) is 29.7 Å². The van der Waals surface area contributed by atoms with E-state index in [-0.39, 0.29) is 22.1 Å². The van der Waals surface area contributed by atoms with Gasteiger partial charge in [0, 0.05) is 12.1 Å². The van der Waals surface area contributed by atoms with Crippen LogP contribution in [0.25, 0.3) is 11.3 Å². The highest BCUT2D eigenvalue weighted by molar-refractivity contribution is 6.42. The minimum absolute atomic E-state index is 0.0485. The van der Waals surface area contributed by atoms with E-state index in [2.05, 4.69) is 0 Å². The molecule has 0 aliphatic heterocycles. The van der Waals surface area contributed by atoms with Crippen LogP contribution in [0.2, 0.25) is 10.0 Å². The van der Waals surface area contributed by atoms with Gasteiger partial charge in [-0.2, -0.15) is 0 Å². The minimum Gasteiger partial charge on any atom is -0.465 e. The topological polar surface area (TPSA) is 57.5 Å². The number of esters is 1. The maximum Gasteiger partial charge on any atom is 0.344 e. The fourth-order valence-electron chi connectivity index (χ4n) is 3.18. The number of carbonyl (C=O) groups is 1. The van der Waals surface area contributed by atoms with Crippen molar-refractivity contribution in [3.8, 4) is 22.8 Å².